The summed E-state index contributed by atoms with van der Waals surface area (Å²) in [6, 6.07) is 12.4. The number of nitrogens with two attached hydrogens (primary N) is 2. The van der Waals surface area contributed by atoms with Gasteiger partial charge >= 0.3 is 5.97 Å². The van der Waals surface area contributed by atoms with Gasteiger partial charge in [0, 0.05) is 29.7 Å². The van der Waals surface area contributed by atoms with Crippen molar-refractivity contribution in [3.8, 4) is 11.5 Å². The van der Waals surface area contributed by atoms with Crippen LogP contribution in [0, 0.1) is 19.8 Å². The minimum atomic E-state index is -1.25. The third-order valence-corrected chi connectivity index (χ3v) is 9.69. The van der Waals surface area contributed by atoms with Crippen LogP contribution in [0.2, 0.25) is 0 Å². The van der Waals surface area contributed by atoms with Gasteiger partial charge in [0.2, 0.25) is 11.8 Å². The Bertz CT molecular complexity index is 1980. The second-order valence-electron chi connectivity index (χ2n) is 14.6. The van der Waals surface area contributed by atoms with Crippen molar-refractivity contribution in [1.29, 1.82) is 0 Å². The van der Waals surface area contributed by atoms with Gasteiger partial charge in [-0.05, 0) is 80.0 Å². The molecule has 3 amide bonds. The van der Waals surface area contributed by atoms with Crippen LogP contribution in [0.3, 0.4) is 0 Å². The Morgan fingerprint density at radius 3 is 2.32 bits per heavy atom. The van der Waals surface area contributed by atoms with Crippen molar-refractivity contribution in [2.45, 2.75) is 90.6 Å². The molecule has 298 valence electrons. The number of nitrogens with one attached hydrogen (secondary N) is 3. The molecule has 3 aromatic carbocycles. The van der Waals surface area contributed by atoms with Gasteiger partial charge in [-0.2, -0.15) is 0 Å². The Morgan fingerprint density at radius 1 is 0.929 bits per heavy atom. The SMILES string of the molecule is Cc1cc2c(cc1C)C(=O)C[C@@H](c1cc(C(=O)N[C@@H](Cc3ccccc3)C(=O)N[C@@H](CC(C)C)C(=O)N[C@H](CCCN=C(N)N)C(=O)O)cc3c1OCOC3)O2. The molecule has 0 aromatic heterocycles. The highest BCUT2D eigenvalue weighted by atomic mass is 16.7. The number of amides is 3. The van der Waals surface area contributed by atoms with Crippen LogP contribution in [-0.4, -0.2) is 72.0 Å². The first-order chi connectivity index (χ1) is 26.7. The van der Waals surface area contributed by atoms with Crippen LogP contribution in [0.1, 0.15) is 94.2 Å². The second kappa shape index (κ2) is 18.6. The number of carbonyl (C=O) groups is 5. The average molecular weight is 771 g/mol. The fraction of sp³-hybridized carbons (Fsp3) is 0.415. The Morgan fingerprint density at radius 2 is 1.62 bits per heavy atom. The number of nitrogens with zero attached hydrogens (tertiary/aromatic N) is 1. The predicted molar refractivity (Wildman–Crippen MR) is 207 cm³/mol. The molecular weight excluding hydrogens is 720 g/mol. The van der Waals surface area contributed by atoms with Gasteiger partial charge in [0.1, 0.15) is 35.7 Å². The van der Waals surface area contributed by atoms with Crippen molar-refractivity contribution in [3.63, 3.8) is 0 Å². The molecule has 4 atom stereocenters. The van der Waals surface area contributed by atoms with Crippen LogP contribution >= 0.6 is 0 Å². The van der Waals surface area contributed by atoms with E-state index in [4.69, 9.17) is 25.7 Å². The van der Waals surface area contributed by atoms with Gasteiger partial charge in [-0.15, -0.1) is 0 Å². The molecule has 0 radical (unpaired) electrons. The molecule has 0 fully saturated rings. The van der Waals surface area contributed by atoms with E-state index in [1.54, 1.807) is 12.1 Å². The first-order valence-electron chi connectivity index (χ1n) is 18.6. The summed E-state index contributed by atoms with van der Waals surface area (Å²) >= 11 is 0. The Labute approximate surface area is 325 Å². The lowest BCUT2D eigenvalue weighted by atomic mass is 9.91. The molecule has 15 heteroatoms. The van der Waals surface area contributed by atoms with E-state index in [9.17, 15) is 29.1 Å². The van der Waals surface area contributed by atoms with Crippen molar-refractivity contribution in [2.75, 3.05) is 13.3 Å². The topological polar surface area (TPSA) is 234 Å². The van der Waals surface area contributed by atoms with E-state index >= 15 is 0 Å². The monoisotopic (exact) mass is 770 g/mol. The summed E-state index contributed by atoms with van der Waals surface area (Å²) in [4.78, 5) is 71.0. The van der Waals surface area contributed by atoms with Crippen LogP contribution in [0.5, 0.6) is 11.5 Å². The van der Waals surface area contributed by atoms with Gasteiger partial charge < -0.3 is 46.7 Å². The first-order valence-corrected chi connectivity index (χ1v) is 18.6. The molecule has 5 rings (SSSR count). The van der Waals surface area contributed by atoms with E-state index < -0.39 is 47.9 Å². The molecule has 0 spiro atoms. The number of aliphatic carboxylic acids is 1. The number of carboxylic acids is 1. The van der Waals surface area contributed by atoms with E-state index in [1.165, 1.54) is 0 Å². The maximum atomic E-state index is 14.2. The van der Waals surface area contributed by atoms with Crippen molar-refractivity contribution in [3.05, 3.63) is 93.5 Å². The number of aryl methyl sites for hydroxylation is 2. The Kier molecular flexibility index (Phi) is 13.7. The third-order valence-electron chi connectivity index (χ3n) is 9.69. The lowest BCUT2D eigenvalue weighted by Crippen LogP contribution is -2.56. The highest BCUT2D eigenvalue weighted by Crippen LogP contribution is 2.42. The smallest absolute Gasteiger partial charge is 0.326 e. The summed E-state index contributed by atoms with van der Waals surface area (Å²) in [5, 5.41) is 18.0. The maximum absolute atomic E-state index is 14.2. The minimum absolute atomic E-state index is 0.0171. The predicted octanol–water partition coefficient (Wildman–Crippen LogP) is 3.37. The van der Waals surface area contributed by atoms with E-state index in [0.717, 1.165) is 16.7 Å². The number of hydrogen-bond donors (Lipinski definition) is 6. The zero-order valence-electron chi connectivity index (χ0n) is 32.1. The first kappa shape index (κ1) is 41.2. The zero-order valence-corrected chi connectivity index (χ0v) is 32.1. The molecule has 0 bridgehead atoms. The minimum Gasteiger partial charge on any atom is -0.484 e. The highest BCUT2D eigenvalue weighted by molar-refractivity contribution is 6.01. The van der Waals surface area contributed by atoms with Gasteiger partial charge in [0.05, 0.1) is 18.6 Å². The third kappa shape index (κ3) is 10.6. The van der Waals surface area contributed by atoms with Gasteiger partial charge in [-0.1, -0.05) is 44.2 Å². The van der Waals surface area contributed by atoms with E-state index in [2.05, 4.69) is 20.9 Å². The fourth-order valence-corrected chi connectivity index (χ4v) is 6.68. The molecule has 2 aliphatic rings. The number of carbonyl (C=O) groups excluding carboxylic acids is 4. The van der Waals surface area contributed by atoms with Crippen LogP contribution in [-0.2, 0) is 32.1 Å². The Balaban J connectivity index is 1.40. The van der Waals surface area contributed by atoms with E-state index in [1.807, 2.05) is 70.2 Å². The van der Waals surface area contributed by atoms with Gasteiger partial charge in [-0.3, -0.25) is 24.2 Å². The summed E-state index contributed by atoms with van der Waals surface area (Å²) in [6.45, 7) is 7.91. The fourth-order valence-electron chi connectivity index (χ4n) is 6.68. The number of carboxylic acid groups (broad SMARTS) is 1. The number of fused-ring (bicyclic) bond motifs is 2. The van der Waals surface area contributed by atoms with E-state index in [0.29, 0.717) is 34.6 Å². The molecule has 56 heavy (non-hydrogen) atoms. The summed E-state index contributed by atoms with van der Waals surface area (Å²) in [5.41, 5.74) is 15.2. The molecule has 8 N–H and O–H groups in total. The number of aliphatic imine (C=N–C) groups is 1. The van der Waals surface area contributed by atoms with E-state index in [-0.39, 0.29) is 68.9 Å². The number of hydrogen-bond acceptors (Lipinski definition) is 9. The number of rotatable bonds is 16. The maximum Gasteiger partial charge on any atom is 0.326 e. The van der Waals surface area contributed by atoms with Crippen LogP contribution in [0.15, 0.2) is 59.6 Å². The molecule has 0 saturated heterocycles. The number of guanidine groups is 1. The number of ketones is 1. The summed E-state index contributed by atoms with van der Waals surface area (Å²) in [5.74, 6) is -2.54. The molecule has 2 heterocycles. The highest BCUT2D eigenvalue weighted by Gasteiger charge is 2.34. The molecule has 0 saturated carbocycles. The molecule has 3 aromatic rings. The molecule has 0 unspecified atom stereocenters. The lowest BCUT2D eigenvalue weighted by molar-refractivity contribution is -0.142. The number of ether oxygens (including phenoxy) is 3. The second-order valence-corrected chi connectivity index (χ2v) is 14.6. The van der Waals surface area contributed by atoms with Crippen LogP contribution < -0.4 is 36.9 Å². The zero-order chi connectivity index (χ0) is 40.5. The quantitative estimate of drug-likeness (QED) is 0.0702. The van der Waals surface area contributed by atoms with Crippen molar-refractivity contribution < 1.29 is 43.3 Å². The Hall–Kier alpha value is -5.96. The average Bonchev–Trinajstić information content (AvgIpc) is 3.15. The molecule has 0 aliphatic carbocycles. The number of benzene rings is 3. The van der Waals surface area contributed by atoms with Crippen LogP contribution in [0.25, 0.3) is 0 Å². The van der Waals surface area contributed by atoms with Gasteiger partial charge in [0.15, 0.2) is 18.5 Å². The molecule has 15 nitrogen and oxygen atoms in total. The summed E-state index contributed by atoms with van der Waals surface area (Å²) < 4.78 is 17.8. The summed E-state index contributed by atoms with van der Waals surface area (Å²) in [6.07, 6.45) is -0.111. The van der Waals surface area contributed by atoms with Crippen molar-refractivity contribution >= 4 is 35.4 Å². The van der Waals surface area contributed by atoms with Crippen molar-refractivity contribution in [2.24, 2.45) is 22.4 Å². The number of Topliss-reactive ketones (excluding diaryl/α,β-unsaturated/α-hetero) is 1. The van der Waals surface area contributed by atoms with Crippen molar-refractivity contribution in [1.82, 2.24) is 16.0 Å². The van der Waals surface area contributed by atoms with Crippen LogP contribution in [0.4, 0.5) is 0 Å². The normalized spacial score (nSPS) is 16.2. The summed E-state index contributed by atoms with van der Waals surface area (Å²) in [7, 11) is 0. The largest absolute Gasteiger partial charge is 0.484 e. The van der Waals surface area contributed by atoms with Gasteiger partial charge in [0.25, 0.3) is 5.91 Å². The molecule has 2 aliphatic heterocycles. The standard InChI is InChI=1S/C41H50N6O9/c1-22(2)13-31(38(50)45-30(40(52)53)11-8-12-44-41(42)43)47-39(51)32(16-25-9-6-5-7-10-25)46-37(49)26-17-27-20-54-21-55-36(27)29(18-26)35-19-33(48)28-14-23(3)24(4)15-34(28)56-35/h5-7,9-10,14-15,17-18,22,30-32,35H,8,11-13,16,19-21H2,1-4H3,(H,45,50)(H,46,49)(H,47,51)(H,52,53)(H4,42,43,44)/t30-,31+,32+,35+/m1/s1. The lowest BCUT2D eigenvalue weighted by Gasteiger charge is -2.30. The molecular formula is C41H50N6O9. The van der Waals surface area contributed by atoms with Gasteiger partial charge in [-0.25, -0.2) is 4.79 Å².